The minimum Gasteiger partial charge on any atom is -0.481 e. The van der Waals surface area contributed by atoms with Gasteiger partial charge in [0.25, 0.3) is 5.56 Å². The quantitative estimate of drug-likeness (QED) is 0.545. The van der Waals surface area contributed by atoms with Crippen LogP contribution in [-0.2, 0) is 16.1 Å². The van der Waals surface area contributed by atoms with Gasteiger partial charge in [-0.25, -0.2) is 4.68 Å². The highest BCUT2D eigenvalue weighted by atomic mass is 16.4. The number of hydrogen-bond donors (Lipinski definition) is 2. The van der Waals surface area contributed by atoms with E-state index in [9.17, 15) is 14.4 Å². The second kappa shape index (κ2) is 9.64. The molecule has 3 aromatic rings. The van der Waals surface area contributed by atoms with Gasteiger partial charge in [-0.3, -0.25) is 14.4 Å². The van der Waals surface area contributed by atoms with Crippen LogP contribution in [0, 0.1) is 0 Å². The summed E-state index contributed by atoms with van der Waals surface area (Å²) in [4.78, 5) is 34.8. The summed E-state index contributed by atoms with van der Waals surface area (Å²) in [5, 5.41) is 17.8. The molecule has 0 aliphatic heterocycles. The molecular formula is C22H23N3O4. The van der Waals surface area contributed by atoms with E-state index in [-0.39, 0.29) is 24.4 Å². The SMILES string of the molecule is O=C(O)CCCCCNC(=O)Cn1nc(-c2cccc3ccccc23)ccc1=O. The Morgan fingerprint density at radius 3 is 2.59 bits per heavy atom. The molecule has 0 atom stereocenters. The molecule has 0 aliphatic carbocycles. The highest BCUT2D eigenvalue weighted by Crippen LogP contribution is 2.26. The summed E-state index contributed by atoms with van der Waals surface area (Å²) >= 11 is 0. The molecule has 3 rings (SSSR count). The van der Waals surface area contributed by atoms with Crippen molar-refractivity contribution in [2.24, 2.45) is 0 Å². The van der Waals surface area contributed by atoms with Gasteiger partial charge in [-0.2, -0.15) is 5.10 Å². The van der Waals surface area contributed by atoms with E-state index >= 15 is 0 Å². The molecule has 1 aromatic heterocycles. The van der Waals surface area contributed by atoms with Crippen molar-refractivity contribution in [3.8, 4) is 11.3 Å². The number of benzene rings is 2. The molecular weight excluding hydrogens is 370 g/mol. The van der Waals surface area contributed by atoms with Gasteiger partial charge in [0.05, 0.1) is 5.69 Å². The van der Waals surface area contributed by atoms with E-state index in [0.29, 0.717) is 25.1 Å². The van der Waals surface area contributed by atoms with Crippen molar-refractivity contribution in [1.82, 2.24) is 15.1 Å². The molecule has 29 heavy (non-hydrogen) atoms. The van der Waals surface area contributed by atoms with Crippen LogP contribution >= 0.6 is 0 Å². The molecule has 0 bridgehead atoms. The second-order valence-corrected chi connectivity index (χ2v) is 6.80. The van der Waals surface area contributed by atoms with Gasteiger partial charge in [0.1, 0.15) is 6.54 Å². The maximum atomic E-state index is 12.2. The maximum absolute atomic E-state index is 12.2. The molecule has 7 nitrogen and oxygen atoms in total. The van der Waals surface area contributed by atoms with Gasteiger partial charge in [0.2, 0.25) is 5.91 Å². The molecule has 150 valence electrons. The number of fused-ring (bicyclic) bond motifs is 1. The summed E-state index contributed by atoms with van der Waals surface area (Å²) in [5.41, 5.74) is 1.18. The number of carboxylic acids is 1. The Labute approximate surface area is 168 Å². The summed E-state index contributed by atoms with van der Waals surface area (Å²) in [5.74, 6) is -1.11. The molecule has 1 heterocycles. The molecule has 0 radical (unpaired) electrons. The third-order valence-corrected chi connectivity index (χ3v) is 4.62. The lowest BCUT2D eigenvalue weighted by Crippen LogP contribution is -2.34. The van der Waals surface area contributed by atoms with Gasteiger partial charge in [0, 0.05) is 24.6 Å². The predicted molar refractivity (Wildman–Crippen MR) is 111 cm³/mol. The van der Waals surface area contributed by atoms with E-state index in [1.54, 1.807) is 6.07 Å². The number of amides is 1. The number of carbonyl (C=O) groups is 2. The lowest BCUT2D eigenvalue weighted by atomic mass is 10.0. The maximum Gasteiger partial charge on any atom is 0.303 e. The summed E-state index contributed by atoms with van der Waals surface area (Å²) in [6, 6.07) is 16.9. The number of aliphatic carboxylic acids is 1. The van der Waals surface area contributed by atoms with E-state index in [0.717, 1.165) is 27.4 Å². The normalized spacial score (nSPS) is 10.8. The minimum absolute atomic E-state index is 0.133. The third-order valence-electron chi connectivity index (χ3n) is 4.62. The predicted octanol–water partition coefficient (Wildman–Crippen LogP) is 2.82. The van der Waals surface area contributed by atoms with Crippen LogP contribution in [-0.4, -0.2) is 33.3 Å². The summed E-state index contributed by atoms with van der Waals surface area (Å²) < 4.78 is 1.16. The standard InChI is InChI=1S/C22H23N3O4/c26-20(23-14-5-1-2-11-22(28)29)15-25-21(27)13-12-19(24-25)18-10-6-8-16-7-3-4-9-17(16)18/h3-4,6-10,12-13H,1-2,5,11,14-15H2,(H,23,26)(H,28,29). The second-order valence-electron chi connectivity index (χ2n) is 6.80. The lowest BCUT2D eigenvalue weighted by molar-refractivity contribution is -0.137. The molecule has 0 aliphatic rings. The Bertz CT molecular complexity index is 1070. The largest absolute Gasteiger partial charge is 0.481 e. The average molecular weight is 393 g/mol. The molecule has 0 saturated heterocycles. The summed E-state index contributed by atoms with van der Waals surface area (Å²) in [6.07, 6.45) is 2.13. The Morgan fingerprint density at radius 1 is 0.966 bits per heavy atom. The zero-order valence-corrected chi connectivity index (χ0v) is 16.0. The van der Waals surface area contributed by atoms with Gasteiger partial charge in [-0.1, -0.05) is 48.9 Å². The fourth-order valence-electron chi connectivity index (χ4n) is 3.15. The number of hydrogen-bond acceptors (Lipinski definition) is 4. The first-order valence-electron chi connectivity index (χ1n) is 9.59. The van der Waals surface area contributed by atoms with Gasteiger partial charge in [0.15, 0.2) is 0 Å². The number of nitrogens with one attached hydrogen (secondary N) is 1. The van der Waals surface area contributed by atoms with Crippen molar-refractivity contribution in [3.05, 3.63) is 65.0 Å². The van der Waals surface area contributed by atoms with Crippen molar-refractivity contribution < 1.29 is 14.7 Å². The highest BCUT2D eigenvalue weighted by molar-refractivity contribution is 5.95. The molecule has 7 heteroatoms. The first kappa shape index (κ1) is 20.3. The lowest BCUT2D eigenvalue weighted by Gasteiger charge is -2.10. The van der Waals surface area contributed by atoms with Gasteiger partial charge in [-0.15, -0.1) is 0 Å². The summed E-state index contributed by atoms with van der Waals surface area (Å²) in [6.45, 7) is 0.281. The van der Waals surface area contributed by atoms with Gasteiger partial charge >= 0.3 is 5.97 Å². The number of carbonyl (C=O) groups excluding carboxylic acids is 1. The molecule has 2 aromatic carbocycles. The zero-order valence-electron chi connectivity index (χ0n) is 16.0. The van der Waals surface area contributed by atoms with Crippen LogP contribution in [0.3, 0.4) is 0 Å². The van der Waals surface area contributed by atoms with Crippen molar-refractivity contribution in [3.63, 3.8) is 0 Å². The van der Waals surface area contributed by atoms with E-state index in [1.165, 1.54) is 6.07 Å². The summed E-state index contributed by atoms with van der Waals surface area (Å²) in [7, 11) is 0. The smallest absolute Gasteiger partial charge is 0.303 e. The molecule has 2 N–H and O–H groups in total. The van der Waals surface area contributed by atoms with Gasteiger partial charge < -0.3 is 10.4 Å². The van der Waals surface area contributed by atoms with Crippen LogP contribution in [0.15, 0.2) is 59.4 Å². The van der Waals surface area contributed by atoms with Gasteiger partial charge in [-0.05, 0) is 29.7 Å². The Morgan fingerprint density at radius 2 is 1.76 bits per heavy atom. The van der Waals surface area contributed by atoms with Crippen LogP contribution < -0.4 is 10.9 Å². The van der Waals surface area contributed by atoms with Crippen LogP contribution in [0.1, 0.15) is 25.7 Å². The van der Waals surface area contributed by atoms with Crippen LogP contribution in [0.5, 0.6) is 0 Å². The number of unbranched alkanes of at least 4 members (excludes halogenated alkanes) is 2. The van der Waals surface area contributed by atoms with E-state index in [1.807, 2.05) is 42.5 Å². The number of aromatic nitrogens is 2. The minimum atomic E-state index is -0.814. The number of nitrogens with zero attached hydrogens (tertiary/aromatic N) is 2. The molecule has 0 saturated carbocycles. The molecule has 0 spiro atoms. The number of carboxylic acid groups (broad SMARTS) is 1. The molecule has 0 fully saturated rings. The van der Waals surface area contributed by atoms with E-state index in [2.05, 4.69) is 10.4 Å². The molecule has 0 unspecified atom stereocenters. The van der Waals surface area contributed by atoms with Crippen molar-refractivity contribution in [2.45, 2.75) is 32.2 Å². The number of rotatable bonds is 9. The Kier molecular flexibility index (Phi) is 6.73. The van der Waals surface area contributed by atoms with E-state index < -0.39 is 5.97 Å². The zero-order chi connectivity index (χ0) is 20.6. The van der Waals surface area contributed by atoms with Crippen LogP contribution in [0.4, 0.5) is 0 Å². The first-order valence-corrected chi connectivity index (χ1v) is 9.59. The Balaban J connectivity index is 1.66. The third kappa shape index (κ3) is 5.51. The highest BCUT2D eigenvalue weighted by Gasteiger charge is 2.10. The Hall–Kier alpha value is -3.48. The van der Waals surface area contributed by atoms with Crippen molar-refractivity contribution in [2.75, 3.05) is 6.54 Å². The molecule has 1 amide bonds. The fraction of sp³-hybridized carbons (Fsp3) is 0.273. The first-order chi connectivity index (χ1) is 14.0. The van der Waals surface area contributed by atoms with Crippen LogP contribution in [0.25, 0.3) is 22.0 Å². The van der Waals surface area contributed by atoms with E-state index in [4.69, 9.17) is 5.11 Å². The fourth-order valence-corrected chi connectivity index (χ4v) is 3.15. The van der Waals surface area contributed by atoms with Crippen molar-refractivity contribution in [1.29, 1.82) is 0 Å². The van der Waals surface area contributed by atoms with Crippen molar-refractivity contribution >= 4 is 22.6 Å². The topological polar surface area (TPSA) is 101 Å². The van der Waals surface area contributed by atoms with Crippen LogP contribution in [0.2, 0.25) is 0 Å². The monoisotopic (exact) mass is 393 g/mol. The average Bonchev–Trinajstić information content (AvgIpc) is 2.71.